The van der Waals surface area contributed by atoms with Gasteiger partial charge in [-0.25, -0.2) is 9.78 Å². The van der Waals surface area contributed by atoms with Crippen LogP contribution in [-0.2, 0) is 16.1 Å². The van der Waals surface area contributed by atoms with Crippen LogP contribution in [0.1, 0.15) is 25.2 Å². The SMILES string of the molecule is O=C(O)COC1CCN(Cc2nccn2C(F)F)CC1. The zero-order valence-electron chi connectivity index (χ0n) is 10.9. The Hall–Kier alpha value is -1.54. The Kier molecular flexibility index (Phi) is 5.02. The van der Waals surface area contributed by atoms with Crippen molar-refractivity contribution in [3.63, 3.8) is 0 Å². The molecule has 1 saturated heterocycles. The van der Waals surface area contributed by atoms with E-state index in [9.17, 15) is 13.6 Å². The summed E-state index contributed by atoms with van der Waals surface area (Å²) in [5.41, 5.74) is 0. The second-order valence-corrected chi connectivity index (χ2v) is 4.71. The first-order valence-electron chi connectivity index (χ1n) is 6.42. The number of likely N-dealkylation sites (tertiary alicyclic amines) is 1. The van der Waals surface area contributed by atoms with Crippen molar-refractivity contribution in [1.82, 2.24) is 14.5 Å². The van der Waals surface area contributed by atoms with E-state index in [1.807, 2.05) is 4.90 Å². The van der Waals surface area contributed by atoms with Gasteiger partial charge in [-0.15, -0.1) is 0 Å². The minimum atomic E-state index is -2.58. The number of nitrogens with zero attached hydrogens (tertiary/aromatic N) is 3. The monoisotopic (exact) mass is 289 g/mol. The lowest BCUT2D eigenvalue weighted by Gasteiger charge is -2.31. The highest BCUT2D eigenvalue weighted by Gasteiger charge is 2.22. The Balaban J connectivity index is 1.79. The molecular formula is C12H17F2N3O3. The quantitative estimate of drug-likeness (QED) is 0.856. The summed E-state index contributed by atoms with van der Waals surface area (Å²) in [5, 5.41) is 8.53. The lowest BCUT2D eigenvalue weighted by Crippen LogP contribution is -2.37. The molecule has 1 fully saturated rings. The minimum absolute atomic E-state index is 0.0720. The standard InChI is InChI=1S/C12H17F2N3O3/c13-12(14)17-6-3-15-10(17)7-16-4-1-9(2-5-16)20-8-11(18)19/h3,6,9,12H,1-2,4-5,7-8H2,(H,18,19). The number of hydrogen-bond acceptors (Lipinski definition) is 4. The van der Waals surface area contributed by atoms with Crippen LogP contribution in [0.3, 0.4) is 0 Å². The maximum Gasteiger partial charge on any atom is 0.329 e. The fourth-order valence-electron chi connectivity index (χ4n) is 2.27. The number of hydrogen-bond donors (Lipinski definition) is 1. The number of halogens is 2. The van der Waals surface area contributed by atoms with Crippen LogP contribution >= 0.6 is 0 Å². The average Bonchev–Trinajstić information content (AvgIpc) is 2.86. The molecule has 2 rings (SSSR count). The predicted octanol–water partition coefficient (Wildman–Crippen LogP) is 1.34. The summed E-state index contributed by atoms with van der Waals surface area (Å²) in [5.74, 6) is -0.642. The number of carboxylic acid groups (broad SMARTS) is 1. The lowest BCUT2D eigenvalue weighted by molar-refractivity contribution is -0.145. The zero-order chi connectivity index (χ0) is 14.5. The van der Waals surface area contributed by atoms with Gasteiger partial charge in [-0.05, 0) is 12.8 Å². The molecule has 1 aromatic heterocycles. The molecule has 6 nitrogen and oxygen atoms in total. The smallest absolute Gasteiger partial charge is 0.329 e. The molecule has 112 valence electrons. The highest BCUT2D eigenvalue weighted by Crippen LogP contribution is 2.18. The van der Waals surface area contributed by atoms with E-state index in [1.165, 1.54) is 12.4 Å². The van der Waals surface area contributed by atoms with Crippen molar-refractivity contribution in [1.29, 1.82) is 0 Å². The summed E-state index contributed by atoms with van der Waals surface area (Å²) in [6.07, 6.45) is 3.95. The van der Waals surface area contributed by atoms with Crippen LogP contribution < -0.4 is 0 Å². The Morgan fingerprint density at radius 1 is 1.50 bits per heavy atom. The number of carbonyl (C=O) groups is 1. The van der Waals surface area contributed by atoms with Crippen molar-refractivity contribution in [2.45, 2.75) is 32.0 Å². The van der Waals surface area contributed by atoms with Gasteiger partial charge in [0.2, 0.25) is 0 Å². The maximum atomic E-state index is 12.7. The summed E-state index contributed by atoms with van der Waals surface area (Å²) in [7, 11) is 0. The number of aromatic nitrogens is 2. The molecule has 0 amide bonds. The number of rotatable bonds is 6. The molecule has 1 aromatic rings. The molecule has 0 saturated carbocycles. The van der Waals surface area contributed by atoms with Crippen LogP contribution in [-0.4, -0.2) is 51.3 Å². The molecule has 0 aliphatic carbocycles. The van der Waals surface area contributed by atoms with Crippen LogP contribution in [0.25, 0.3) is 0 Å². The summed E-state index contributed by atoms with van der Waals surface area (Å²) in [6.45, 7) is -1.14. The Labute approximate surface area is 115 Å². The first-order valence-corrected chi connectivity index (χ1v) is 6.42. The van der Waals surface area contributed by atoms with Crippen LogP contribution in [0.15, 0.2) is 12.4 Å². The van der Waals surface area contributed by atoms with E-state index < -0.39 is 12.5 Å². The third kappa shape index (κ3) is 3.97. The average molecular weight is 289 g/mol. The van der Waals surface area contributed by atoms with E-state index in [2.05, 4.69) is 4.98 Å². The van der Waals surface area contributed by atoms with Gasteiger partial charge in [-0.1, -0.05) is 0 Å². The maximum absolute atomic E-state index is 12.7. The van der Waals surface area contributed by atoms with Gasteiger partial charge in [0.15, 0.2) is 0 Å². The van der Waals surface area contributed by atoms with Gasteiger partial charge in [0.1, 0.15) is 12.4 Å². The molecule has 0 radical (unpaired) electrons. The summed E-state index contributed by atoms with van der Waals surface area (Å²) in [6, 6.07) is 0. The third-order valence-corrected chi connectivity index (χ3v) is 3.30. The molecule has 8 heteroatoms. The van der Waals surface area contributed by atoms with Crippen molar-refractivity contribution < 1.29 is 23.4 Å². The molecule has 1 N–H and O–H groups in total. The summed E-state index contributed by atoms with van der Waals surface area (Å²) in [4.78, 5) is 16.4. The summed E-state index contributed by atoms with van der Waals surface area (Å²) >= 11 is 0. The van der Waals surface area contributed by atoms with Crippen molar-refractivity contribution in [3.8, 4) is 0 Å². The van der Waals surface area contributed by atoms with Gasteiger partial charge in [-0.2, -0.15) is 8.78 Å². The third-order valence-electron chi connectivity index (χ3n) is 3.30. The number of piperidine rings is 1. The van der Waals surface area contributed by atoms with E-state index in [-0.39, 0.29) is 12.7 Å². The van der Waals surface area contributed by atoms with Gasteiger partial charge in [-0.3, -0.25) is 9.47 Å². The van der Waals surface area contributed by atoms with Crippen molar-refractivity contribution in [2.24, 2.45) is 0 Å². The van der Waals surface area contributed by atoms with Crippen molar-refractivity contribution in [3.05, 3.63) is 18.2 Å². The van der Waals surface area contributed by atoms with Crippen LogP contribution in [0, 0.1) is 0 Å². The van der Waals surface area contributed by atoms with E-state index in [0.717, 1.165) is 4.57 Å². The molecular weight excluding hydrogens is 272 g/mol. The second kappa shape index (κ2) is 6.76. The highest BCUT2D eigenvalue weighted by atomic mass is 19.3. The number of ether oxygens (including phenoxy) is 1. The predicted molar refractivity (Wildman–Crippen MR) is 65.4 cm³/mol. The van der Waals surface area contributed by atoms with Crippen molar-refractivity contribution >= 4 is 5.97 Å². The van der Waals surface area contributed by atoms with Crippen LogP contribution in [0.2, 0.25) is 0 Å². The van der Waals surface area contributed by atoms with Crippen molar-refractivity contribution in [2.75, 3.05) is 19.7 Å². The fourth-order valence-corrected chi connectivity index (χ4v) is 2.27. The van der Waals surface area contributed by atoms with Gasteiger partial charge < -0.3 is 9.84 Å². The molecule has 0 spiro atoms. The number of imidazole rings is 1. The van der Waals surface area contributed by atoms with Gasteiger partial charge in [0.25, 0.3) is 0 Å². The van der Waals surface area contributed by atoms with Gasteiger partial charge >= 0.3 is 12.5 Å². The topological polar surface area (TPSA) is 67.6 Å². The second-order valence-electron chi connectivity index (χ2n) is 4.71. The molecule has 2 heterocycles. The van der Waals surface area contributed by atoms with E-state index >= 15 is 0 Å². The fraction of sp³-hybridized carbons (Fsp3) is 0.667. The largest absolute Gasteiger partial charge is 0.480 e. The van der Waals surface area contributed by atoms with Crippen LogP contribution in [0.5, 0.6) is 0 Å². The van der Waals surface area contributed by atoms with E-state index in [0.29, 0.717) is 38.3 Å². The molecule has 1 aliphatic rings. The Morgan fingerprint density at radius 2 is 2.20 bits per heavy atom. The molecule has 0 aromatic carbocycles. The molecule has 0 atom stereocenters. The minimum Gasteiger partial charge on any atom is -0.480 e. The number of aliphatic carboxylic acids is 1. The molecule has 0 bridgehead atoms. The first kappa shape index (κ1) is 14.9. The number of alkyl halides is 2. The highest BCUT2D eigenvalue weighted by molar-refractivity contribution is 5.68. The molecule has 20 heavy (non-hydrogen) atoms. The Bertz CT molecular complexity index is 445. The normalized spacial score (nSPS) is 17.8. The first-order chi connectivity index (χ1) is 9.56. The van der Waals surface area contributed by atoms with Crippen LogP contribution in [0.4, 0.5) is 8.78 Å². The Morgan fingerprint density at radius 3 is 2.80 bits per heavy atom. The van der Waals surface area contributed by atoms with Gasteiger partial charge in [0, 0.05) is 25.5 Å². The summed E-state index contributed by atoms with van der Waals surface area (Å²) < 4.78 is 31.4. The molecule has 0 unspecified atom stereocenters. The van der Waals surface area contributed by atoms with E-state index in [4.69, 9.17) is 9.84 Å². The molecule has 1 aliphatic heterocycles. The van der Waals surface area contributed by atoms with E-state index in [1.54, 1.807) is 0 Å². The zero-order valence-corrected chi connectivity index (χ0v) is 10.9. The number of carboxylic acids is 1. The van der Waals surface area contributed by atoms with Gasteiger partial charge in [0.05, 0.1) is 12.6 Å². The lowest BCUT2D eigenvalue weighted by atomic mass is 10.1.